The third-order valence-electron chi connectivity index (χ3n) is 5.73. The van der Waals surface area contributed by atoms with Crippen molar-refractivity contribution < 1.29 is 9.47 Å². The van der Waals surface area contributed by atoms with E-state index in [0.29, 0.717) is 18.4 Å². The fourth-order valence-electron chi connectivity index (χ4n) is 4.92. The van der Waals surface area contributed by atoms with Gasteiger partial charge in [-0.1, -0.05) is 42.5 Å². The van der Waals surface area contributed by atoms with Crippen LogP contribution in [0.5, 0.6) is 0 Å². The van der Waals surface area contributed by atoms with Gasteiger partial charge in [0, 0.05) is 5.41 Å². The zero-order valence-electron chi connectivity index (χ0n) is 14.1. The van der Waals surface area contributed by atoms with Crippen molar-refractivity contribution in [3.8, 4) is 0 Å². The first-order chi connectivity index (χ1) is 11.3. The lowest BCUT2D eigenvalue weighted by molar-refractivity contribution is -0.0383. The lowest BCUT2D eigenvalue weighted by Crippen LogP contribution is -2.43. The van der Waals surface area contributed by atoms with Crippen LogP contribution in [0.25, 0.3) is 0 Å². The van der Waals surface area contributed by atoms with Crippen LogP contribution in [0.4, 0.5) is 0 Å². The molecule has 2 heteroatoms. The molecule has 2 nitrogen and oxygen atoms in total. The topological polar surface area (TPSA) is 18.5 Å². The fraction of sp³-hybridized carbons (Fsp3) is 0.524. The number of allylic oxidation sites excluding steroid dienone is 1. The maximum atomic E-state index is 5.98. The van der Waals surface area contributed by atoms with E-state index in [1.807, 2.05) is 25.3 Å². The van der Waals surface area contributed by atoms with Crippen LogP contribution >= 0.6 is 0 Å². The Balaban J connectivity index is 1.90. The minimum Gasteiger partial charge on any atom is -0.501 e. The molecular formula is C21H28O2. The van der Waals surface area contributed by atoms with Crippen LogP contribution in [0, 0.1) is 17.3 Å². The molecular weight excluding hydrogens is 284 g/mol. The first-order valence-electron chi connectivity index (χ1n) is 8.78. The molecule has 0 aliphatic heterocycles. The summed E-state index contributed by atoms with van der Waals surface area (Å²) in [6.07, 6.45) is 9.59. The molecule has 0 radical (unpaired) electrons. The summed E-state index contributed by atoms with van der Waals surface area (Å²) in [4.78, 5) is 0. The van der Waals surface area contributed by atoms with E-state index in [0.717, 1.165) is 19.1 Å². The van der Waals surface area contributed by atoms with Crippen molar-refractivity contribution in [1.82, 2.24) is 0 Å². The van der Waals surface area contributed by atoms with E-state index in [1.54, 1.807) is 0 Å². The lowest BCUT2D eigenvalue weighted by Gasteiger charge is -2.43. The Morgan fingerprint density at radius 2 is 2.04 bits per heavy atom. The average Bonchev–Trinajstić information content (AvgIpc) is 3.16. The van der Waals surface area contributed by atoms with Gasteiger partial charge in [0.25, 0.3) is 0 Å². The zero-order chi connectivity index (χ0) is 16.1. The van der Waals surface area contributed by atoms with Crippen molar-refractivity contribution in [2.75, 3.05) is 19.8 Å². The van der Waals surface area contributed by atoms with Crippen molar-refractivity contribution in [1.29, 1.82) is 0 Å². The molecule has 1 aromatic rings. The molecule has 124 valence electrons. The normalized spacial score (nSPS) is 32.5. The van der Waals surface area contributed by atoms with Crippen LogP contribution in [0.3, 0.4) is 0 Å². The first kappa shape index (κ1) is 16.3. The molecule has 0 heterocycles. The molecule has 2 bridgehead atoms. The van der Waals surface area contributed by atoms with Crippen LogP contribution < -0.4 is 0 Å². The van der Waals surface area contributed by atoms with E-state index in [1.165, 1.54) is 24.8 Å². The van der Waals surface area contributed by atoms with Crippen molar-refractivity contribution in [3.05, 3.63) is 60.9 Å². The Hall–Kier alpha value is -1.54. The molecule has 2 aliphatic rings. The number of ether oxygens (including phenoxy) is 2. The molecule has 1 aromatic carbocycles. The molecule has 4 atom stereocenters. The summed E-state index contributed by atoms with van der Waals surface area (Å²) in [6.45, 7) is 7.90. The highest BCUT2D eigenvalue weighted by molar-refractivity contribution is 5.28. The van der Waals surface area contributed by atoms with E-state index in [4.69, 9.17) is 9.47 Å². The van der Waals surface area contributed by atoms with Gasteiger partial charge in [0.1, 0.15) is 0 Å². The number of hydrogen-bond acceptors (Lipinski definition) is 2. The molecule has 0 aromatic heterocycles. The van der Waals surface area contributed by atoms with Crippen molar-refractivity contribution in [2.24, 2.45) is 17.3 Å². The standard InChI is InChI=1S/C21H28O2/c1-3-12-22-15-21(16-23-13-4-2)19-11-10-18(14-19)20(21)17-8-6-5-7-9-17/h3-9,13,18-20H,1,10-12,14-16H2,2H3. The van der Waals surface area contributed by atoms with Crippen molar-refractivity contribution in [2.45, 2.75) is 32.1 Å². The maximum Gasteiger partial charge on any atom is 0.0960 e. The van der Waals surface area contributed by atoms with E-state index >= 15 is 0 Å². The first-order valence-corrected chi connectivity index (χ1v) is 8.78. The summed E-state index contributed by atoms with van der Waals surface area (Å²) in [7, 11) is 0. The average molecular weight is 312 g/mol. The van der Waals surface area contributed by atoms with Crippen LogP contribution in [-0.2, 0) is 9.47 Å². The largest absolute Gasteiger partial charge is 0.501 e. The molecule has 0 amide bonds. The highest BCUT2D eigenvalue weighted by atomic mass is 16.5. The number of hydrogen-bond donors (Lipinski definition) is 0. The van der Waals surface area contributed by atoms with Gasteiger partial charge in [-0.15, -0.1) is 6.58 Å². The Labute approximate surface area is 140 Å². The van der Waals surface area contributed by atoms with Gasteiger partial charge in [0.2, 0.25) is 0 Å². The summed E-state index contributed by atoms with van der Waals surface area (Å²) in [6, 6.07) is 11.0. The number of fused-ring (bicyclic) bond motifs is 2. The highest BCUT2D eigenvalue weighted by Gasteiger charge is 2.58. The smallest absolute Gasteiger partial charge is 0.0960 e. The van der Waals surface area contributed by atoms with Gasteiger partial charge in [-0.05, 0) is 49.5 Å². The molecule has 2 fully saturated rings. The van der Waals surface area contributed by atoms with Gasteiger partial charge in [0.15, 0.2) is 0 Å². The molecule has 2 saturated carbocycles. The lowest BCUT2D eigenvalue weighted by atomic mass is 9.64. The van der Waals surface area contributed by atoms with Crippen molar-refractivity contribution >= 4 is 0 Å². The molecule has 23 heavy (non-hydrogen) atoms. The van der Waals surface area contributed by atoms with Crippen LogP contribution in [-0.4, -0.2) is 19.8 Å². The van der Waals surface area contributed by atoms with Crippen LogP contribution in [0.2, 0.25) is 0 Å². The van der Waals surface area contributed by atoms with Gasteiger partial charge in [-0.2, -0.15) is 0 Å². The summed E-state index contributed by atoms with van der Waals surface area (Å²) in [5.74, 6) is 2.01. The second-order valence-corrected chi connectivity index (χ2v) is 6.98. The summed E-state index contributed by atoms with van der Waals surface area (Å²) in [5, 5.41) is 0. The molecule has 0 spiro atoms. The zero-order valence-corrected chi connectivity index (χ0v) is 14.1. The highest BCUT2D eigenvalue weighted by Crippen LogP contribution is 2.63. The van der Waals surface area contributed by atoms with Gasteiger partial charge >= 0.3 is 0 Å². The minimum absolute atomic E-state index is 0.0901. The number of rotatable bonds is 8. The Kier molecular flexibility index (Phi) is 5.22. The monoisotopic (exact) mass is 312 g/mol. The van der Waals surface area contributed by atoms with E-state index in [-0.39, 0.29) is 5.41 Å². The molecule has 3 rings (SSSR count). The summed E-state index contributed by atoms with van der Waals surface area (Å²) in [5.41, 5.74) is 1.54. The molecule has 4 unspecified atom stereocenters. The van der Waals surface area contributed by atoms with E-state index < -0.39 is 0 Å². The van der Waals surface area contributed by atoms with E-state index in [9.17, 15) is 0 Å². The van der Waals surface area contributed by atoms with Crippen LogP contribution in [0.1, 0.15) is 37.7 Å². The second kappa shape index (κ2) is 7.35. The summed E-state index contributed by atoms with van der Waals surface area (Å²) >= 11 is 0. The maximum absolute atomic E-state index is 5.98. The Bertz CT molecular complexity index is 536. The Morgan fingerprint density at radius 3 is 2.78 bits per heavy atom. The molecule has 2 aliphatic carbocycles. The van der Waals surface area contributed by atoms with Crippen molar-refractivity contribution in [3.63, 3.8) is 0 Å². The third kappa shape index (κ3) is 3.10. The molecule has 0 saturated heterocycles. The van der Waals surface area contributed by atoms with Crippen LogP contribution in [0.15, 0.2) is 55.3 Å². The quantitative estimate of drug-likeness (QED) is 0.384. The predicted molar refractivity (Wildman–Crippen MR) is 94.2 cm³/mol. The SMILES string of the molecule is C=CCOCC1(COC=CC)C2CCC(C2)C1c1ccccc1. The Morgan fingerprint density at radius 1 is 1.22 bits per heavy atom. The van der Waals surface area contributed by atoms with Gasteiger partial charge in [-0.3, -0.25) is 0 Å². The fourth-order valence-corrected chi connectivity index (χ4v) is 4.92. The van der Waals surface area contributed by atoms with Gasteiger partial charge < -0.3 is 9.47 Å². The summed E-state index contributed by atoms with van der Waals surface area (Å²) < 4.78 is 11.9. The van der Waals surface area contributed by atoms with Gasteiger partial charge in [0.05, 0.1) is 26.1 Å². The van der Waals surface area contributed by atoms with Gasteiger partial charge in [-0.25, -0.2) is 0 Å². The predicted octanol–water partition coefficient (Wildman–Crippen LogP) is 4.94. The molecule has 0 N–H and O–H groups in total. The van der Waals surface area contributed by atoms with E-state index in [2.05, 4.69) is 36.9 Å². The second-order valence-electron chi connectivity index (χ2n) is 6.98. The minimum atomic E-state index is 0.0901. The third-order valence-corrected chi connectivity index (χ3v) is 5.73. The number of benzene rings is 1.